The van der Waals surface area contributed by atoms with Gasteiger partial charge in [0, 0.05) is 93.9 Å². The highest BCUT2D eigenvalue weighted by molar-refractivity contribution is 5.82. The molecule has 6 fully saturated rings. The molecule has 25 heteroatoms. The molecule has 6 aliphatic rings. The van der Waals surface area contributed by atoms with Crippen molar-refractivity contribution in [3.8, 4) is 0 Å². The second-order valence-electron chi connectivity index (χ2n) is 52.6. The van der Waals surface area contributed by atoms with Gasteiger partial charge in [0.1, 0.15) is 6.04 Å². The SMILES string of the molecule is CC(C)(C)C1CNC(CO)C1.CC(C)(C)CC1CNCC1O.CC(C)(C)CC1COCCN1.CC(C)(C)CCCN1CCCCC1CO.CC(C)(C)CCCNC1CC1.CC(C)(C)CCNC(=O)C(N)CO.CC(C)(C)Cc1cc[nH]c1.CC(C)(C)Cc1cn[nH]c1.CC(C)(C)Cc1cnc[nH]1.CC(C)C(N)C(=O)NCCC(C)(C)C.CC(N)C(=O)NCCC(C)(C)C.C[C@H]1CCNC1. The van der Waals surface area contributed by atoms with E-state index in [1.54, 1.807) is 13.3 Å². The molecule has 5 aliphatic heterocycles. The van der Waals surface area contributed by atoms with Gasteiger partial charge in [-0.05, 0) is 262 Å². The number of aliphatic hydroxyl groups is 4. The zero-order valence-electron chi connectivity index (χ0n) is 93.9. The average molecular weight is 1900 g/mol. The number of likely N-dealkylation sites (tertiary alicyclic amines) is 1. The van der Waals surface area contributed by atoms with E-state index in [1.807, 2.05) is 38.6 Å². The summed E-state index contributed by atoms with van der Waals surface area (Å²) in [6, 6.07) is 2.81. The molecule has 8 heterocycles. The molecular weight excluding hydrogens is 1680 g/mol. The van der Waals surface area contributed by atoms with E-state index >= 15 is 0 Å². The number of morpholine rings is 1. The fourth-order valence-electron chi connectivity index (χ4n) is 14.7. The Kier molecular flexibility index (Phi) is 67.7. The van der Waals surface area contributed by atoms with Crippen LogP contribution in [0.15, 0.2) is 43.4 Å². The number of imidazole rings is 1. The van der Waals surface area contributed by atoms with Crippen LogP contribution >= 0.6 is 0 Å². The van der Waals surface area contributed by atoms with Crippen LogP contribution in [-0.4, -0.2) is 228 Å². The molecule has 0 aromatic carbocycles. The quantitative estimate of drug-likeness (QED) is 0.0350. The maximum absolute atomic E-state index is 11.4. The summed E-state index contributed by atoms with van der Waals surface area (Å²) < 4.78 is 5.37. The molecule has 3 amide bonds. The molecule has 25 nitrogen and oxygen atoms in total. The minimum atomic E-state index is -0.792. The average Bonchev–Trinajstić information content (AvgIpc) is 1.75. The van der Waals surface area contributed by atoms with Gasteiger partial charge in [0.15, 0.2) is 0 Å². The van der Waals surface area contributed by atoms with Crippen molar-refractivity contribution in [3.63, 3.8) is 0 Å². The molecule has 1 aliphatic carbocycles. The standard InChI is InChI=1S/C13H27NO.C11H24N2O.C10H21N.C9H20N2O2.C9H20N2O.3C9H19NO.C9H15N.2C8H14N2.C5H11N/c1-13(2,3)8-6-10-14-9-5-4-7-12(14)11-15;1-8(2)9(12)10(14)13-7-6-11(3,4)5;1-10(2,3)7-4-8-11-9-5-6-9;1-9(2,3)4-5-11-8(13)7(10)6-12;1-7(10)8(12)11-6-5-9(2,3)4;1-9(2,3)4-7-5-10-6-8(7)11;1-9(2,3)7-4-8(6-11)10-5-7;1-9(2,3)6-8-7-11-5-4-10-8;1-9(2,3)6-8-4-5-10-7-8;1-8(2,3)4-7-5-9-6-10-7;1-8(2,3)4-7-5-9-10-6-7;1-5-2-3-6-4-5/h12,15H,4-11H2,1-3H3;8-9H,6-7,12H2,1-5H3,(H,13,14);9,11H,4-8H2,1-3H3;7,12H,4-6,10H2,1-3H3,(H,11,13);7H,5-6,10H2,1-4H3,(H,11,12);2*7-8,10-11H,4-6H2,1-3H3;8,10H,4-7H2,1-3H3;4-5,7,10H,6H2,1-3H3;2*5-6H,4H2,1-3H3,(H,9,10);5-6H,2-4H2,1H3/t;;;;;;;;;;;5-/m...........0/s1. The number of rotatable bonds is 25. The van der Waals surface area contributed by atoms with Gasteiger partial charge in [-0.3, -0.25) is 24.4 Å². The molecule has 1 saturated carbocycles. The van der Waals surface area contributed by atoms with Crippen LogP contribution in [-0.2, 0) is 38.4 Å². The lowest BCUT2D eigenvalue weighted by atomic mass is 9.79. The van der Waals surface area contributed by atoms with Crippen molar-refractivity contribution >= 4 is 17.7 Å². The zero-order chi connectivity index (χ0) is 104. The van der Waals surface area contributed by atoms with Gasteiger partial charge in [0.05, 0.1) is 63.7 Å². The number of H-pyrrole nitrogens is 3. The maximum Gasteiger partial charge on any atom is 0.239 e. The maximum atomic E-state index is 11.4. The number of nitrogens with zero attached hydrogens (tertiary/aromatic N) is 3. The first kappa shape index (κ1) is 134. The van der Waals surface area contributed by atoms with Gasteiger partial charge in [0.2, 0.25) is 17.7 Å². The van der Waals surface area contributed by atoms with Crippen molar-refractivity contribution in [2.75, 3.05) is 112 Å². The molecule has 10 atom stereocenters. The van der Waals surface area contributed by atoms with Crippen LogP contribution in [0.4, 0.5) is 0 Å². The number of piperidine rings is 1. The third-order valence-electron chi connectivity index (χ3n) is 22.9. The Hall–Kier alpha value is -4.45. The Labute approximate surface area is 824 Å². The van der Waals surface area contributed by atoms with E-state index in [1.165, 1.54) is 120 Å². The lowest BCUT2D eigenvalue weighted by Crippen LogP contribution is -2.44. The third-order valence-corrected chi connectivity index (χ3v) is 22.9. The van der Waals surface area contributed by atoms with E-state index < -0.39 is 12.1 Å². The minimum absolute atomic E-state index is 0.0377. The molecule has 3 aromatic heterocycles. The van der Waals surface area contributed by atoms with Crippen molar-refractivity contribution in [1.82, 2.24) is 72.6 Å². The highest BCUT2D eigenvalue weighted by Crippen LogP contribution is 2.34. The summed E-state index contributed by atoms with van der Waals surface area (Å²) in [4.78, 5) is 46.1. The molecule has 792 valence electrons. The van der Waals surface area contributed by atoms with Crippen molar-refractivity contribution in [1.29, 1.82) is 0 Å². The number of ether oxygens (including phenoxy) is 1. The number of hydrogen-bond donors (Lipinski definition) is 18. The fourth-order valence-corrected chi connectivity index (χ4v) is 14.7. The number of hydrogen-bond acceptors (Lipinski definition) is 19. The number of carbonyl (C=O) groups excluding carboxylic acids is 3. The Bertz CT molecular complexity index is 3150. The summed E-state index contributed by atoms with van der Waals surface area (Å²) >= 11 is 0. The highest BCUT2D eigenvalue weighted by atomic mass is 16.5. The molecule has 0 radical (unpaired) electrons. The topological polar surface area (TPSA) is 392 Å². The van der Waals surface area contributed by atoms with Crippen LogP contribution in [0.1, 0.15) is 376 Å². The molecule has 134 heavy (non-hydrogen) atoms. The van der Waals surface area contributed by atoms with Crippen LogP contribution in [0, 0.1) is 83.2 Å². The molecule has 9 rings (SSSR count). The van der Waals surface area contributed by atoms with Crippen LogP contribution in [0.5, 0.6) is 0 Å². The number of aliphatic hydroxyl groups excluding tert-OH is 4. The largest absolute Gasteiger partial charge is 0.395 e. The Morgan fingerprint density at radius 3 is 1.43 bits per heavy atom. The number of aromatic nitrogens is 5. The number of β-amino-alcohol motifs (C(OH)–C–C–N with tert-alkyl or cyclic N) is 1. The predicted molar refractivity (Wildman–Crippen MR) is 571 cm³/mol. The van der Waals surface area contributed by atoms with Crippen molar-refractivity contribution < 1.29 is 39.5 Å². The number of aromatic amines is 3. The summed E-state index contributed by atoms with van der Waals surface area (Å²) in [5.74, 6) is 1.93. The van der Waals surface area contributed by atoms with Gasteiger partial charge in [-0.15, -0.1) is 0 Å². The highest BCUT2D eigenvalue weighted by Gasteiger charge is 2.33. The summed E-state index contributed by atoms with van der Waals surface area (Å²) in [6.45, 7) is 95.2. The summed E-state index contributed by atoms with van der Waals surface area (Å²) in [7, 11) is 0. The summed E-state index contributed by atoms with van der Waals surface area (Å²) in [5.41, 5.74) is 24.2. The van der Waals surface area contributed by atoms with E-state index in [9.17, 15) is 24.6 Å². The first-order valence-electron chi connectivity index (χ1n) is 51.9. The smallest absolute Gasteiger partial charge is 0.239 e. The minimum Gasteiger partial charge on any atom is -0.395 e. The van der Waals surface area contributed by atoms with E-state index in [0.717, 1.165) is 109 Å². The molecule has 9 unspecified atom stereocenters. The van der Waals surface area contributed by atoms with Gasteiger partial charge in [-0.1, -0.05) is 256 Å². The first-order valence-corrected chi connectivity index (χ1v) is 51.9. The van der Waals surface area contributed by atoms with E-state index in [4.69, 9.17) is 32.2 Å². The predicted octanol–water partition coefficient (Wildman–Crippen LogP) is 18.1. The van der Waals surface area contributed by atoms with Crippen molar-refractivity contribution in [2.24, 2.45) is 100 Å². The number of nitrogens with two attached hydrogens (primary N) is 3. The molecule has 0 bridgehead atoms. The normalized spacial score (nSPS) is 20.2. The zero-order valence-corrected chi connectivity index (χ0v) is 93.9. The van der Waals surface area contributed by atoms with Gasteiger partial charge in [0.25, 0.3) is 0 Å². The summed E-state index contributed by atoms with van der Waals surface area (Å²) in [5, 5.41) is 68.0. The Morgan fingerprint density at radius 1 is 0.537 bits per heavy atom. The molecule has 21 N–H and O–H groups in total. The second kappa shape index (κ2) is 67.9. The van der Waals surface area contributed by atoms with Gasteiger partial charge < -0.3 is 94.9 Å². The van der Waals surface area contributed by atoms with Gasteiger partial charge in [-0.2, -0.15) is 5.10 Å². The number of amides is 3. The Balaban J connectivity index is -0.00000140. The van der Waals surface area contributed by atoms with Crippen LogP contribution in [0.25, 0.3) is 0 Å². The first-order chi connectivity index (χ1) is 61.3. The third kappa shape index (κ3) is 86.6. The monoisotopic (exact) mass is 1900 g/mol. The van der Waals surface area contributed by atoms with Crippen molar-refractivity contribution in [3.05, 3.63) is 60.2 Å². The Morgan fingerprint density at radius 2 is 1.07 bits per heavy atom. The number of carbonyl (C=O) groups is 3. The van der Waals surface area contributed by atoms with Gasteiger partial charge in [-0.25, -0.2) is 4.98 Å². The second-order valence-corrected chi connectivity index (χ2v) is 52.6. The van der Waals surface area contributed by atoms with Crippen molar-refractivity contribution in [2.45, 2.75) is 427 Å². The van der Waals surface area contributed by atoms with E-state index in [0.29, 0.717) is 93.6 Å². The van der Waals surface area contributed by atoms with Gasteiger partial charge >= 0.3 is 0 Å². The molecular formula is C109H223N17O8. The van der Waals surface area contributed by atoms with Crippen LogP contribution in [0.3, 0.4) is 0 Å². The molecule has 5 saturated heterocycles. The van der Waals surface area contributed by atoms with E-state index in [-0.39, 0.29) is 65.2 Å². The number of nitrogens with one attached hydrogen (secondary N) is 11. The lowest BCUT2D eigenvalue weighted by Gasteiger charge is -2.35. The van der Waals surface area contributed by atoms with E-state index in [2.05, 4.69) is 320 Å². The lowest BCUT2D eigenvalue weighted by molar-refractivity contribution is -0.124. The van der Waals surface area contributed by atoms with Crippen LogP contribution in [0.2, 0.25) is 0 Å². The van der Waals surface area contributed by atoms with Crippen LogP contribution < -0.4 is 59.7 Å². The fraction of sp³-hybridized carbons (Fsp3) is 0.881. The summed E-state index contributed by atoms with van der Waals surface area (Å²) in [6.07, 6.45) is 34.1. The molecule has 0 spiro atoms. The molecule has 3 aromatic rings.